The van der Waals surface area contributed by atoms with Gasteiger partial charge in [-0.2, -0.15) is 0 Å². The van der Waals surface area contributed by atoms with E-state index < -0.39 is 0 Å². The van der Waals surface area contributed by atoms with E-state index in [0.717, 1.165) is 5.56 Å². The van der Waals surface area contributed by atoms with Crippen molar-refractivity contribution in [3.8, 4) is 5.75 Å². The summed E-state index contributed by atoms with van der Waals surface area (Å²) in [5, 5.41) is 2.88. The number of amides is 2. The van der Waals surface area contributed by atoms with Crippen LogP contribution < -0.4 is 10.1 Å². The van der Waals surface area contributed by atoms with Crippen molar-refractivity contribution in [1.29, 1.82) is 0 Å². The zero-order valence-corrected chi connectivity index (χ0v) is 18.2. The highest BCUT2D eigenvalue weighted by Gasteiger charge is 2.18. The zero-order valence-electron chi connectivity index (χ0n) is 18.2. The lowest BCUT2D eigenvalue weighted by Crippen LogP contribution is -2.27. The molecule has 3 aromatic rings. The lowest BCUT2D eigenvalue weighted by Gasteiger charge is -2.19. The van der Waals surface area contributed by atoms with Crippen LogP contribution in [0.4, 0.5) is 5.69 Å². The van der Waals surface area contributed by atoms with Crippen molar-refractivity contribution >= 4 is 17.5 Å². The summed E-state index contributed by atoms with van der Waals surface area (Å²) >= 11 is 0. The molecule has 0 unspecified atom stereocenters. The highest BCUT2D eigenvalue weighted by molar-refractivity contribution is 6.09. The van der Waals surface area contributed by atoms with Crippen LogP contribution in [0.15, 0.2) is 78.9 Å². The van der Waals surface area contributed by atoms with Gasteiger partial charge in [-0.05, 0) is 41.8 Å². The Labute approximate surface area is 183 Å². The number of nitrogens with zero attached hydrogens (tertiary/aromatic N) is 1. The minimum Gasteiger partial charge on any atom is -0.493 e. The molecule has 160 valence electrons. The molecule has 0 aliphatic heterocycles. The van der Waals surface area contributed by atoms with Gasteiger partial charge in [0, 0.05) is 19.2 Å². The van der Waals surface area contributed by atoms with Gasteiger partial charge in [0.25, 0.3) is 11.8 Å². The first-order valence-electron chi connectivity index (χ1n) is 10.4. The van der Waals surface area contributed by atoms with E-state index in [2.05, 4.69) is 19.2 Å². The van der Waals surface area contributed by atoms with Crippen molar-refractivity contribution in [2.75, 3.05) is 19.0 Å². The fourth-order valence-corrected chi connectivity index (χ4v) is 3.10. The number of rotatable bonds is 8. The van der Waals surface area contributed by atoms with E-state index in [9.17, 15) is 9.59 Å². The molecule has 0 aromatic heterocycles. The molecule has 5 nitrogen and oxygen atoms in total. The second kappa shape index (κ2) is 10.4. The molecule has 3 rings (SSSR count). The average molecular weight is 417 g/mol. The Balaban J connectivity index is 1.73. The molecule has 3 aromatic carbocycles. The predicted octanol–water partition coefficient (Wildman–Crippen LogP) is 5.25. The van der Waals surface area contributed by atoms with Crippen molar-refractivity contribution in [3.63, 3.8) is 0 Å². The van der Waals surface area contributed by atoms with E-state index in [1.807, 2.05) is 36.4 Å². The Morgan fingerprint density at radius 1 is 0.935 bits per heavy atom. The normalized spacial score (nSPS) is 10.6. The number of carbonyl (C=O) groups excluding carboxylic acids is 2. The summed E-state index contributed by atoms with van der Waals surface area (Å²) in [6.07, 6.45) is 0. The summed E-state index contributed by atoms with van der Waals surface area (Å²) in [6.45, 7) is 5.20. The third-order valence-corrected chi connectivity index (χ3v) is 4.69. The predicted molar refractivity (Wildman–Crippen MR) is 123 cm³/mol. The minimum atomic E-state index is -0.291. The maximum absolute atomic E-state index is 13.0. The van der Waals surface area contributed by atoms with E-state index in [0.29, 0.717) is 41.6 Å². The topological polar surface area (TPSA) is 58.6 Å². The fraction of sp³-hybridized carbons (Fsp3) is 0.231. The first kappa shape index (κ1) is 22.1. The third-order valence-electron chi connectivity index (χ3n) is 4.69. The maximum Gasteiger partial charge on any atom is 0.256 e. The molecule has 0 aliphatic rings. The van der Waals surface area contributed by atoms with Crippen molar-refractivity contribution in [3.05, 3.63) is 95.6 Å². The van der Waals surface area contributed by atoms with Crippen LogP contribution >= 0.6 is 0 Å². The summed E-state index contributed by atoms with van der Waals surface area (Å²) in [7, 11) is 1.75. The van der Waals surface area contributed by atoms with Crippen LogP contribution in [0.5, 0.6) is 5.75 Å². The number of benzene rings is 3. The van der Waals surface area contributed by atoms with E-state index in [4.69, 9.17) is 4.74 Å². The van der Waals surface area contributed by atoms with Gasteiger partial charge in [-0.1, -0.05) is 62.4 Å². The molecule has 0 bridgehead atoms. The van der Waals surface area contributed by atoms with Gasteiger partial charge in [-0.25, -0.2) is 0 Å². The molecule has 0 saturated carbocycles. The van der Waals surface area contributed by atoms with Crippen molar-refractivity contribution in [2.45, 2.75) is 20.4 Å². The van der Waals surface area contributed by atoms with Crippen molar-refractivity contribution in [2.24, 2.45) is 5.92 Å². The Morgan fingerprint density at radius 2 is 1.65 bits per heavy atom. The standard InChI is InChI=1S/C26H28N2O3/c1-19(2)18-31-22-13-9-12-21(16-22)25(29)27-24-15-8-7-14-23(24)26(30)28(3)17-20-10-5-4-6-11-20/h4-16,19H,17-18H2,1-3H3,(H,27,29). The van der Waals surface area contributed by atoms with Crippen LogP contribution in [0.25, 0.3) is 0 Å². The second-order valence-electron chi connectivity index (χ2n) is 7.88. The first-order valence-corrected chi connectivity index (χ1v) is 10.4. The molecule has 31 heavy (non-hydrogen) atoms. The first-order chi connectivity index (χ1) is 14.9. The number of carbonyl (C=O) groups is 2. The summed E-state index contributed by atoms with van der Waals surface area (Å²) in [5.41, 5.74) is 2.44. The number of para-hydroxylation sites is 1. The molecule has 0 aliphatic carbocycles. The lowest BCUT2D eigenvalue weighted by atomic mass is 10.1. The minimum absolute atomic E-state index is 0.159. The fourth-order valence-electron chi connectivity index (χ4n) is 3.10. The molecule has 0 atom stereocenters. The Kier molecular flexibility index (Phi) is 7.44. The number of ether oxygens (including phenoxy) is 1. The van der Waals surface area contributed by atoms with Crippen LogP contribution in [-0.2, 0) is 6.54 Å². The second-order valence-corrected chi connectivity index (χ2v) is 7.88. The van der Waals surface area contributed by atoms with E-state index >= 15 is 0 Å². The summed E-state index contributed by atoms with van der Waals surface area (Å²) in [6, 6.07) is 23.9. The van der Waals surface area contributed by atoms with E-state index in [1.54, 1.807) is 54.4 Å². The van der Waals surface area contributed by atoms with Gasteiger partial charge in [0.15, 0.2) is 0 Å². The van der Waals surface area contributed by atoms with Crippen molar-refractivity contribution in [1.82, 2.24) is 4.90 Å². The quantitative estimate of drug-likeness (QED) is 0.546. The monoisotopic (exact) mass is 416 g/mol. The van der Waals surface area contributed by atoms with Crippen LogP contribution in [0.3, 0.4) is 0 Å². The third kappa shape index (κ3) is 6.19. The Hall–Kier alpha value is -3.60. The summed E-state index contributed by atoms with van der Waals surface area (Å²) in [4.78, 5) is 27.5. The van der Waals surface area contributed by atoms with Gasteiger partial charge in [0.05, 0.1) is 17.9 Å². The number of anilines is 1. The van der Waals surface area contributed by atoms with Gasteiger partial charge >= 0.3 is 0 Å². The van der Waals surface area contributed by atoms with Gasteiger partial charge in [0.2, 0.25) is 0 Å². The molecular weight excluding hydrogens is 388 g/mol. The van der Waals surface area contributed by atoms with Gasteiger partial charge < -0.3 is 15.0 Å². The lowest BCUT2D eigenvalue weighted by molar-refractivity contribution is 0.0786. The highest BCUT2D eigenvalue weighted by atomic mass is 16.5. The van der Waals surface area contributed by atoms with Gasteiger partial charge in [-0.3, -0.25) is 9.59 Å². The molecule has 2 amide bonds. The largest absolute Gasteiger partial charge is 0.493 e. The van der Waals surface area contributed by atoms with Crippen molar-refractivity contribution < 1.29 is 14.3 Å². The molecule has 0 radical (unpaired) electrons. The molecular formula is C26H28N2O3. The molecule has 0 heterocycles. The van der Waals surface area contributed by atoms with E-state index in [-0.39, 0.29) is 11.8 Å². The van der Waals surface area contributed by atoms with Crippen LogP contribution in [0, 0.1) is 5.92 Å². The van der Waals surface area contributed by atoms with E-state index in [1.165, 1.54) is 0 Å². The Morgan fingerprint density at radius 3 is 2.39 bits per heavy atom. The molecule has 1 N–H and O–H groups in total. The zero-order chi connectivity index (χ0) is 22.2. The van der Waals surface area contributed by atoms with Crippen LogP contribution in [-0.4, -0.2) is 30.4 Å². The smallest absolute Gasteiger partial charge is 0.256 e. The average Bonchev–Trinajstić information content (AvgIpc) is 2.78. The van der Waals surface area contributed by atoms with Gasteiger partial charge in [-0.15, -0.1) is 0 Å². The number of hydrogen-bond donors (Lipinski definition) is 1. The number of nitrogens with one attached hydrogen (secondary N) is 1. The summed E-state index contributed by atoms with van der Waals surface area (Å²) in [5.74, 6) is 0.589. The van der Waals surface area contributed by atoms with Crippen LogP contribution in [0.1, 0.15) is 40.1 Å². The SMILES string of the molecule is CC(C)COc1cccc(C(=O)Nc2ccccc2C(=O)N(C)Cc2ccccc2)c1. The maximum atomic E-state index is 13.0. The molecule has 0 saturated heterocycles. The molecule has 0 fully saturated rings. The molecule has 5 heteroatoms. The number of hydrogen-bond acceptors (Lipinski definition) is 3. The molecule has 0 spiro atoms. The van der Waals surface area contributed by atoms with Crippen LogP contribution in [0.2, 0.25) is 0 Å². The summed E-state index contributed by atoms with van der Waals surface area (Å²) < 4.78 is 5.72. The van der Waals surface area contributed by atoms with Gasteiger partial charge in [0.1, 0.15) is 5.75 Å². The Bertz CT molecular complexity index is 1030. The highest BCUT2D eigenvalue weighted by Crippen LogP contribution is 2.20.